The van der Waals surface area contributed by atoms with Crippen LogP contribution in [0.2, 0.25) is 5.02 Å². The summed E-state index contributed by atoms with van der Waals surface area (Å²) in [6.45, 7) is 0. The third-order valence-corrected chi connectivity index (χ3v) is 2.87. The minimum absolute atomic E-state index is 0.0130. The number of alkyl halides is 3. The van der Waals surface area contributed by atoms with Gasteiger partial charge in [0.25, 0.3) is 0 Å². The van der Waals surface area contributed by atoms with Crippen LogP contribution in [0.3, 0.4) is 0 Å². The standard InChI is InChI=1S/C11H8ClF4N3/c1-19-10(17)8(9(18-19)11(14,15)16)6-3-2-5(13)4-7(6)12/h2-4H,17H2,1H3. The Kier molecular flexibility index (Phi) is 3.17. The van der Waals surface area contributed by atoms with E-state index in [0.29, 0.717) is 0 Å². The molecule has 1 heterocycles. The molecule has 0 fully saturated rings. The number of aromatic nitrogens is 2. The van der Waals surface area contributed by atoms with Gasteiger partial charge in [-0.25, -0.2) is 4.39 Å². The van der Waals surface area contributed by atoms with Gasteiger partial charge in [0.1, 0.15) is 11.6 Å². The quantitative estimate of drug-likeness (QED) is 0.818. The van der Waals surface area contributed by atoms with Crippen molar-refractivity contribution in [2.24, 2.45) is 7.05 Å². The number of nitrogens with zero attached hydrogens (tertiary/aromatic N) is 2. The van der Waals surface area contributed by atoms with Gasteiger partial charge in [0.15, 0.2) is 5.69 Å². The number of hydrogen-bond acceptors (Lipinski definition) is 2. The van der Waals surface area contributed by atoms with Gasteiger partial charge < -0.3 is 5.73 Å². The highest BCUT2D eigenvalue weighted by atomic mass is 35.5. The van der Waals surface area contributed by atoms with Crippen molar-refractivity contribution in [1.82, 2.24) is 9.78 Å². The molecule has 19 heavy (non-hydrogen) atoms. The maximum Gasteiger partial charge on any atom is 0.435 e. The van der Waals surface area contributed by atoms with Gasteiger partial charge in [-0.15, -0.1) is 0 Å². The lowest BCUT2D eigenvalue weighted by Crippen LogP contribution is -2.08. The molecule has 0 saturated carbocycles. The highest BCUT2D eigenvalue weighted by Gasteiger charge is 2.39. The first-order valence-electron chi connectivity index (χ1n) is 5.07. The van der Waals surface area contributed by atoms with E-state index in [2.05, 4.69) is 5.10 Å². The Morgan fingerprint density at radius 2 is 1.95 bits per heavy atom. The molecule has 2 rings (SSSR count). The lowest BCUT2D eigenvalue weighted by molar-refractivity contribution is -0.140. The SMILES string of the molecule is Cn1nc(C(F)(F)F)c(-c2ccc(F)cc2Cl)c1N. The largest absolute Gasteiger partial charge is 0.435 e. The number of halogens is 5. The lowest BCUT2D eigenvalue weighted by Gasteiger charge is -2.08. The molecule has 0 aliphatic heterocycles. The summed E-state index contributed by atoms with van der Waals surface area (Å²) in [6, 6.07) is 3.07. The molecule has 0 aliphatic carbocycles. The van der Waals surface area contributed by atoms with E-state index in [1.165, 1.54) is 7.05 Å². The van der Waals surface area contributed by atoms with Crippen LogP contribution in [0.1, 0.15) is 5.69 Å². The Bertz CT molecular complexity index is 634. The number of hydrogen-bond donors (Lipinski definition) is 1. The van der Waals surface area contributed by atoms with Crippen LogP contribution >= 0.6 is 11.6 Å². The molecule has 2 N–H and O–H groups in total. The second-order valence-electron chi connectivity index (χ2n) is 3.85. The fraction of sp³-hybridized carbons (Fsp3) is 0.182. The molecule has 1 aromatic heterocycles. The summed E-state index contributed by atoms with van der Waals surface area (Å²) in [5.41, 5.74) is 4.08. The zero-order chi connectivity index (χ0) is 14.4. The van der Waals surface area contributed by atoms with E-state index in [-0.39, 0.29) is 22.0 Å². The average molecular weight is 294 g/mol. The normalized spacial score (nSPS) is 11.9. The molecule has 0 spiro atoms. The Balaban J connectivity index is 2.74. The predicted molar refractivity (Wildman–Crippen MR) is 63.0 cm³/mol. The van der Waals surface area contributed by atoms with Gasteiger partial charge in [0.2, 0.25) is 0 Å². The van der Waals surface area contributed by atoms with Gasteiger partial charge in [0, 0.05) is 12.6 Å². The number of rotatable bonds is 1. The second kappa shape index (κ2) is 4.41. The molecule has 2 aromatic rings. The van der Waals surface area contributed by atoms with Crippen molar-refractivity contribution < 1.29 is 17.6 Å². The Morgan fingerprint density at radius 1 is 1.32 bits per heavy atom. The van der Waals surface area contributed by atoms with E-state index in [4.69, 9.17) is 17.3 Å². The zero-order valence-corrected chi connectivity index (χ0v) is 10.3. The second-order valence-corrected chi connectivity index (χ2v) is 4.26. The summed E-state index contributed by atoms with van der Waals surface area (Å²) in [4.78, 5) is 0. The molecular weight excluding hydrogens is 286 g/mol. The van der Waals surface area contributed by atoms with Gasteiger partial charge in [-0.3, -0.25) is 4.68 Å². The van der Waals surface area contributed by atoms with Crippen molar-refractivity contribution in [3.8, 4) is 11.1 Å². The third kappa shape index (κ3) is 2.37. The average Bonchev–Trinajstić information content (AvgIpc) is 2.56. The van der Waals surface area contributed by atoms with Crippen LogP contribution < -0.4 is 5.73 Å². The van der Waals surface area contributed by atoms with Gasteiger partial charge in [-0.2, -0.15) is 18.3 Å². The molecule has 0 aliphatic rings. The molecular formula is C11H8ClF4N3. The predicted octanol–water partition coefficient (Wildman–Crippen LogP) is 3.48. The first-order valence-corrected chi connectivity index (χ1v) is 5.44. The molecule has 0 unspecified atom stereocenters. The zero-order valence-electron chi connectivity index (χ0n) is 9.59. The maximum absolute atomic E-state index is 12.9. The van der Waals surface area contributed by atoms with Crippen LogP contribution in [-0.2, 0) is 13.2 Å². The van der Waals surface area contributed by atoms with Crippen LogP contribution in [0, 0.1) is 5.82 Å². The fourth-order valence-corrected chi connectivity index (χ4v) is 1.95. The van der Waals surface area contributed by atoms with Gasteiger partial charge in [-0.05, 0) is 18.2 Å². The topological polar surface area (TPSA) is 43.8 Å². The van der Waals surface area contributed by atoms with Crippen LogP contribution in [0.15, 0.2) is 18.2 Å². The monoisotopic (exact) mass is 293 g/mol. The minimum Gasteiger partial charge on any atom is -0.383 e. The first kappa shape index (κ1) is 13.7. The molecule has 102 valence electrons. The maximum atomic E-state index is 12.9. The fourth-order valence-electron chi connectivity index (χ4n) is 1.69. The third-order valence-electron chi connectivity index (χ3n) is 2.56. The van der Waals surface area contributed by atoms with E-state index >= 15 is 0 Å². The van der Waals surface area contributed by atoms with E-state index < -0.39 is 17.7 Å². The molecule has 0 bridgehead atoms. The van der Waals surface area contributed by atoms with E-state index in [1.54, 1.807) is 0 Å². The highest BCUT2D eigenvalue weighted by Crippen LogP contribution is 2.41. The number of anilines is 1. The van der Waals surface area contributed by atoms with Crippen LogP contribution in [-0.4, -0.2) is 9.78 Å². The molecule has 3 nitrogen and oxygen atoms in total. The summed E-state index contributed by atoms with van der Waals surface area (Å²) >= 11 is 5.77. The first-order chi connectivity index (χ1) is 8.71. The Labute approximate surface area is 110 Å². The Hall–Kier alpha value is -1.76. The summed E-state index contributed by atoms with van der Waals surface area (Å²) in [5.74, 6) is -0.842. The number of nitrogens with two attached hydrogens (primary N) is 1. The molecule has 8 heteroatoms. The summed E-state index contributed by atoms with van der Waals surface area (Å²) < 4.78 is 52.5. The summed E-state index contributed by atoms with van der Waals surface area (Å²) in [7, 11) is 1.28. The van der Waals surface area contributed by atoms with E-state index in [9.17, 15) is 17.6 Å². The van der Waals surface area contributed by atoms with Crippen molar-refractivity contribution in [3.63, 3.8) is 0 Å². The van der Waals surface area contributed by atoms with Crippen LogP contribution in [0.5, 0.6) is 0 Å². The van der Waals surface area contributed by atoms with Crippen LogP contribution in [0.4, 0.5) is 23.4 Å². The van der Waals surface area contributed by atoms with Crippen LogP contribution in [0.25, 0.3) is 11.1 Å². The highest BCUT2D eigenvalue weighted by molar-refractivity contribution is 6.33. The van der Waals surface area contributed by atoms with Gasteiger partial charge in [0.05, 0.1) is 10.6 Å². The van der Waals surface area contributed by atoms with Crippen molar-refractivity contribution in [2.45, 2.75) is 6.18 Å². The van der Waals surface area contributed by atoms with Gasteiger partial charge in [-0.1, -0.05) is 11.6 Å². The van der Waals surface area contributed by atoms with Crippen molar-refractivity contribution in [2.75, 3.05) is 5.73 Å². The lowest BCUT2D eigenvalue weighted by atomic mass is 10.0. The van der Waals surface area contributed by atoms with Crippen molar-refractivity contribution in [3.05, 3.63) is 34.7 Å². The summed E-state index contributed by atoms with van der Waals surface area (Å²) in [6.07, 6.45) is -4.68. The van der Waals surface area contributed by atoms with Crippen molar-refractivity contribution >= 4 is 17.4 Å². The molecule has 0 amide bonds. The Morgan fingerprint density at radius 3 is 2.47 bits per heavy atom. The minimum atomic E-state index is -4.68. The number of benzene rings is 1. The summed E-state index contributed by atoms with van der Waals surface area (Å²) in [5, 5.41) is 3.17. The van der Waals surface area contributed by atoms with E-state index in [0.717, 1.165) is 22.9 Å². The van der Waals surface area contributed by atoms with E-state index in [1.807, 2.05) is 0 Å². The van der Waals surface area contributed by atoms with Crippen molar-refractivity contribution in [1.29, 1.82) is 0 Å². The number of nitrogen functional groups attached to an aromatic ring is 1. The molecule has 1 aromatic carbocycles. The molecule has 0 atom stereocenters. The van der Waals surface area contributed by atoms with Gasteiger partial charge >= 0.3 is 6.18 Å². The number of aryl methyl sites for hydroxylation is 1. The molecule has 0 radical (unpaired) electrons. The smallest absolute Gasteiger partial charge is 0.383 e. The molecule has 0 saturated heterocycles.